The lowest BCUT2D eigenvalue weighted by Gasteiger charge is -2.28. The van der Waals surface area contributed by atoms with E-state index in [0.29, 0.717) is 24.4 Å². The first-order chi connectivity index (χ1) is 13.2. The number of anilines is 1. The molecule has 10 heteroatoms. The number of rotatable bonds is 10. The second kappa shape index (κ2) is 9.53. The van der Waals surface area contributed by atoms with E-state index in [9.17, 15) is 8.42 Å². The van der Waals surface area contributed by atoms with Crippen molar-refractivity contribution in [2.75, 3.05) is 39.8 Å². The summed E-state index contributed by atoms with van der Waals surface area (Å²) in [6.45, 7) is 0.404. The maximum atomic E-state index is 13.2. The van der Waals surface area contributed by atoms with Gasteiger partial charge in [-0.3, -0.25) is 0 Å². The Kier molecular flexibility index (Phi) is 7.86. The van der Waals surface area contributed by atoms with Gasteiger partial charge in [-0.1, -0.05) is 35.9 Å². The summed E-state index contributed by atoms with van der Waals surface area (Å²) in [4.78, 5) is 0.377. The Bertz CT molecular complexity index is 906. The fourth-order valence-electron chi connectivity index (χ4n) is 2.97. The molecule has 1 unspecified atom stereocenters. The second-order valence-corrected chi connectivity index (χ2v) is 12.0. The van der Waals surface area contributed by atoms with Gasteiger partial charge in [0.1, 0.15) is 0 Å². The standard InChI is InChI=1S/C18H27ClN2O5SSi/c1-21(2)16-10-5-9-15-14(16)8-6-11-17(15)27(22,23)18(19)26-28(24-3,25-4)13-7-12-20/h5-6,8-11,18H,7,12-13,20H2,1-4H3. The van der Waals surface area contributed by atoms with Crippen LogP contribution in [0.25, 0.3) is 10.8 Å². The van der Waals surface area contributed by atoms with Crippen LogP contribution in [0.2, 0.25) is 6.04 Å². The molecule has 0 aliphatic carbocycles. The van der Waals surface area contributed by atoms with Crippen LogP contribution in [-0.2, 0) is 23.1 Å². The first-order valence-electron chi connectivity index (χ1n) is 8.77. The van der Waals surface area contributed by atoms with Crippen LogP contribution in [0.15, 0.2) is 41.3 Å². The molecule has 7 nitrogen and oxygen atoms in total. The van der Waals surface area contributed by atoms with Crippen molar-refractivity contribution in [1.82, 2.24) is 0 Å². The monoisotopic (exact) mass is 446 g/mol. The maximum Gasteiger partial charge on any atom is 0.502 e. The number of hydrogen-bond donors (Lipinski definition) is 1. The van der Waals surface area contributed by atoms with E-state index >= 15 is 0 Å². The third-order valence-electron chi connectivity index (χ3n) is 4.47. The molecule has 2 aromatic rings. The Labute approximate surface area is 172 Å². The van der Waals surface area contributed by atoms with Crippen LogP contribution < -0.4 is 10.6 Å². The average molecular weight is 447 g/mol. The topological polar surface area (TPSA) is 91.1 Å². The van der Waals surface area contributed by atoms with Gasteiger partial charge in [-0.25, -0.2) is 8.42 Å². The molecule has 0 amide bonds. The summed E-state index contributed by atoms with van der Waals surface area (Å²) in [5.74, 6) is 0. The molecule has 0 radical (unpaired) electrons. The van der Waals surface area contributed by atoms with E-state index in [-0.39, 0.29) is 4.90 Å². The van der Waals surface area contributed by atoms with Gasteiger partial charge in [-0.05, 0) is 25.1 Å². The molecule has 1 atom stereocenters. The second-order valence-electron chi connectivity index (χ2n) is 6.44. The molecular formula is C18H27ClN2O5SSi. The number of fused-ring (bicyclic) bond motifs is 1. The zero-order chi connectivity index (χ0) is 20.9. The average Bonchev–Trinajstić information content (AvgIpc) is 2.69. The highest BCUT2D eigenvalue weighted by atomic mass is 35.5. The quantitative estimate of drug-likeness (QED) is 0.443. The lowest BCUT2D eigenvalue weighted by molar-refractivity contribution is 0.105. The summed E-state index contributed by atoms with van der Waals surface area (Å²) in [5.41, 5.74) is 6.46. The van der Waals surface area contributed by atoms with Gasteiger partial charge in [-0.15, -0.1) is 0 Å². The van der Waals surface area contributed by atoms with E-state index in [1.807, 2.05) is 37.2 Å². The first-order valence-corrected chi connectivity index (χ1v) is 12.7. The molecule has 0 aromatic heterocycles. The zero-order valence-electron chi connectivity index (χ0n) is 16.5. The summed E-state index contributed by atoms with van der Waals surface area (Å²) in [6, 6.07) is 11.0. The van der Waals surface area contributed by atoms with Crippen LogP contribution in [-0.4, -0.2) is 57.0 Å². The molecule has 156 valence electrons. The largest absolute Gasteiger partial charge is 0.502 e. The van der Waals surface area contributed by atoms with E-state index in [2.05, 4.69) is 0 Å². The first kappa shape index (κ1) is 23.1. The summed E-state index contributed by atoms with van der Waals surface area (Å²) in [6.07, 6.45) is 0.567. The number of nitrogens with zero attached hydrogens (tertiary/aromatic N) is 1. The molecule has 0 spiro atoms. The molecular weight excluding hydrogens is 420 g/mol. The van der Waals surface area contributed by atoms with Crippen molar-refractivity contribution in [3.05, 3.63) is 36.4 Å². The van der Waals surface area contributed by atoms with E-state index in [1.165, 1.54) is 20.3 Å². The molecule has 0 heterocycles. The molecule has 2 N–H and O–H groups in total. The van der Waals surface area contributed by atoms with Gasteiger partial charge >= 0.3 is 8.80 Å². The van der Waals surface area contributed by atoms with Crippen molar-refractivity contribution in [1.29, 1.82) is 0 Å². The van der Waals surface area contributed by atoms with Gasteiger partial charge in [0.05, 0.1) is 4.90 Å². The highest BCUT2D eigenvalue weighted by Crippen LogP contribution is 2.34. The van der Waals surface area contributed by atoms with Crippen molar-refractivity contribution < 1.29 is 21.7 Å². The molecule has 28 heavy (non-hydrogen) atoms. The third-order valence-corrected chi connectivity index (χ3v) is 9.94. The van der Waals surface area contributed by atoms with Gasteiger partial charge < -0.3 is 23.9 Å². The van der Waals surface area contributed by atoms with E-state index in [1.54, 1.807) is 12.1 Å². The summed E-state index contributed by atoms with van der Waals surface area (Å²) in [5, 5.41) is 1.38. The van der Waals surface area contributed by atoms with Gasteiger partial charge in [0, 0.05) is 50.8 Å². The maximum absolute atomic E-state index is 13.2. The SMILES string of the molecule is CO[Si](CCCN)(OC)OC(Cl)S(=O)(=O)c1cccc2c(N(C)C)cccc12. The predicted molar refractivity (Wildman–Crippen MR) is 114 cm³/mol. The fraction of sp³-hybridized carbons (Fsp3) is 0.444. The molecule has 0 fully saturated rings. The van der Waals surface area contributed by atoms with E-state index in [4.69, 9.17) is 30.6 Å². The lowest BCUT2D eigenvalue weighted by atomic mass is 10.1. The number of halogens is 1. The zero-order valence-corrected chi connectivity index (χ0v) is 19.1. The van der Waals surface area contributed by atoms with Crippen LogP contribution in [0.5, 0.6) is 0 Å². The van der Waals surface area contributed by atoms with Crippen molar-refractivity contribution >= 4 is 46.7 Å². The van der Waals surface area contributed by atoms with Crippen LogP contribution in [0, 0.1) is 0 Å². The van der Waals surface area contributed by atoms with Crippen molar-refractivity contribution in [2.24, 2.45) is 5.73 Å². The Morgan fingerprint density at radius 2 is 1.71 bits per heavy atom. The van der Waals surface area contributed by atoms with Gasteiger partial charge in [0.2, 0.25) is 14.7 Å². The van der Waals surface area contributed by atoms with Crippen LogP contribution >= 0.6 is 11.6 Å². The molecule has 2 rings (SSSR count). The van der Waals surface area contributed by atoms with Crippen molar-refractivity contribution in [2.45, 2.75) is 22.3 Å². The molecule has 0 saturated carbocycles. The van der Waals surface area contributed by atoms with E-state index < -0.39 is 23.5 Å². The van der Waals surface area contributed by atoms with Crippen LogP contribution in [0.4, 0.5) is 5.69 Å². The summed E-state index contributed by atoms with van der Waals surface area (Å²) >= 11 is 6.25. The molecule has 0 bridgehead atoms. The molecule has 0 aliphatic rings. The highest BCUT2D eigenvalue weighted by Gasteiger charge is 2.44. The minimum Gasteiger partial charge on any atom is -0.377 e. The van der Waals surface area contributed by atoms with E-state index in [0.717, 1.165) is 11.1 Å². The number of hydrogen-bond acceptors (Lipinski definition) is 7. The van der Waals surface area contributed by atoms with Crippen LogP contribution in [0.1, 0.15) is 6.42 Å². The molecule has 2 aromatic carbocycles. The fourth-order valence-corrected chi connectivity index (χ4v) is 7.37. The van der Waals surface area contributed by atoms with Gasteiger partial charge in [0.25, 0.3) is 0 Å². The minimum absolute atomic E-state index is 0.0997. The predicted octanol–water partition coefficient (Wildman–Crippen LogP) is 2.80. The van der Waals surface area contributed by atoms with Gasteiger partial charge in [-0.2, -0.15) is 0 Å². The Hall–Kier alpha value is -1.20. The number of alkyl halides is 1. The normalized spacial score (nSPS) is 13.6. The number of nitrogens with two attached hydrogens (primary N) is 1. The molecule has 0 aliphatic heterocycles. The van der Waals surface area contributed by atoms with Gasteiger partial charge in [0.15, 0.2) is 0 Å². The highest BCUT2D eigenvalue weighted by molar-refractivity contribution is 7.93. The number of sulfone groups is 1. The number of benzene rings is 2. The molecule has 0 saturated heterocycles. The minimum atomic E-state index is -4.02. The third kappa shape index (κ3) is 4.68. The lowest BCUT2D eigenvalue weighted by Crippen LogP contribution is -2.47. The Balaban J connectivity index is 2.47. The van der Waals surface area contributed by atoms with Crippen molar-refractivity contribution in [3.63, 3.8) is 0 Å². The van der Waals surface area contributed by atoms with Crippen molar-refractivity contribution in [3.8, 4) is 0 Å². The summed E-state index contributed by atoms with van der Waals surface area (Å²) < 4.78 is 43.0. The summed E-state index contributed by atoms with van der Waals surface area (Å²) in [7, 11) is -0.642. The van der Waals surface area contributed by atoms with Crippen LogP contribution in [0.3, 0.4) is 0 Å². The Morgan fingerprint density at radius 3 is 2.29 bits per heavy atom. The smallest absolute Gasteiger partial charge is 0.377 e. The Morgan fingerprint density at radius 1 is 1.11 bits per heavy atom.